The number of amides is 2. The maximum atomic E-state index is 13.8. The lowest BCUT2D eigenvalue weighted by Gasteiger charge is -2.20. The Morgan fingerprint density at radius 2 is 2.09 bits per heavy atom. The van der Waals surface area contributed by atoms with Crippen LogP contribution in [0.1, 0.15) is 16.8 Å². The number of aliphatic hydroxyl groups is 1. The van der Waals surface area contributed by atoms with E-state index in [1.807, 2.05) is 0 Å². The van der Waals surface area contributed by atoms with Crippen molar-refractivity contribution in [1.29, 1.82) is 0 Å². The molecular formula is C15H15FN4O3. The fourth-order valence-corrected chi connectivity index (χ4v) is 2.68. The van der Waals surface area contributed by atoms with Crippen LogP contribution in [-0.2, 0) is 4.79 Å². The van der Waals surface area contributed by atoms with Crippen molar-refractivity contribution in [3.05, 3.63) is 48.0 Å². The van der Waals surface area contributed by atoms with Crippen molar-refractivity contribution in [3.8, 4) is 5.69 Å². The summed E-state index contributed by atoms with van der Waals surface area (Å²) < 4.78 is 15.0. The molecule has 23 heavy (non-hydrogen) atoms. The van der Waals surface area contributed by atoms with E-state index in [2.05, 4.69) is 5.10 Å². The van der Waals surface area contributed by atoms with Gasteiger partial charge in [0.15, 0.2) is 0 Å². The molecule has 1 fully saturated rings. The SMILES string of the molecule is NC(=O)[C@@H]1C[C@@H](O)CN1C(=O)c1cnn(-c2ccccc2F)c1. The summed E-state index contributed by atoms with van der Waals surface area (Å²) in [6, 6.07) is 5.18. The van der Waals surface area contributed by atoms with Gasteiger partial charge in [-0.3, -0.25) is 9.59 Å². The molecular weight excluding hydrogens is 303 g/mol. The summed E-state index contributed by atoms with van der Waals surface area (Å²) in [5.41, 5.74) is 5.66. The number of likely N-dealkylation sites (tertiary alicyclic amines) is 1. The van der Waals surface area contributed by atoms with Crippen LogP contribution in [0, 0.1) is 5.82 Å². The average Bonchev–Trinajstić information content (AvgIpc) is 3.14. The summed E-state index contributed by atoms with van der Waals surface area (Å²) in [4.78, 5) is 25.1. The molecule has 0 bridgehead atoms. The maximum absolute atomic E-state index is 13.8. The number of aromatic nitrogens is 2. The molecule has 2 aromatic rings. The highest BCUT2D eigenvalue weighted by Crippen LogP contribution is 2.21. The molecule has 2 atom stereocenters. The molecule has 3 rings (SSSR count). The van der Waals surface area contributed by atoms with Crippen LogP contribution >= 0.6 is 0 Å². The average molecular weight is 318 g/mol. The minimum atomic E-state index is -0.852. The maximum Gasteiger partial charge on any atom is 0.257 e. The van der Waals surface area contributed by atoms with Crippen molar-refractivity contribution in [2.45, 2.75) is 18.6 Å². The summed E-state index contributed by atoms with van der Waals surface area (Å²) in [5.74, 6) is -1.62. The van der Waals surface area contributed by atoms with Gasteiger partial charge < -0.3 is 15.7 Å². The monoisotopic (exact) mass is 318 g/mol. The van der Waals surface area contributed by atoms with Crippen LogP contribution in [-0.4, -0.2) is 50.3 Å². The standard InChI is InChI=1S/C15H15FN4O3/c16-11-3-1-2-4-12(11)20-7-9(6-18-20)15(23)19-8-10(21)5-13(19)14(17)22/h1-4,6-7,10,13,21H,5,8H2,(H2,17,22)/t10-,13+/m1/s1. The molecule has 120 valence electrons. The molecule has 2 amide bonds. The topological polar surface area (TPSA) is 101 Å². The van der Waals surface area contributed by atoms with Gasteiger partial charge in [-0.2, -0.15) is 5.10 Å². The zero-order chi connectivity index (χ0) is 16.6. The van der Waals surface area contributed by atoms with Crippen LogP contribution in [0.2, 0.25) is 0 Å². The molecule has 2 heterocycles. The number of rotatable bonds is 3. The quantitative estimate of drug-likeness (QED) is 0.836. The lowest BCUT2D eigenvalue weighted by atomic mass is 10.2. The van der Waals surface area contributed by atoms with Gasteiger partial charge in [0.25, 0.3) is 5.91 Å². The molecule has 0 saturated carbocycles. The first-order valence-electron chi connectivity index (χ1n) is 7.05. The largest absolute Gasteiger partial charge is 0.391 e. The molecule has 8 heteroatoms. The Morgan fingerprint density at radius 1 is 1.35 bits per heavy atom. The summed E-state index contributed by atoms with van der Waals surface area (Å²) in [7, 11) is 0. The molecule has 1 aliphatic heterocycles. The number of halogens is 1. The predicted octanol–water partition coefficient (Wildman–Crippen LogP) is 0.0721. The van der Waals surface area contributed by atoms with Gasteiger partial charge in [0, 0.05) is 19.2 Å². The number of nitrogens with two attached hydrogens (primary N) is 1. The highest BCUT2D eigenvalue weighted by atomic mass is 19.1. The second kappa shape index (κ2) is 5.81. The molecule has 0 aliphatic carbocycles. The highest BCUT2D eigenvalue weighted by Gasteiger charge is 2.38. The van der Waals surface area contributed by atoms with Crippen molar-refractivity contribution in [1.82, 2.24) is 14.7 Å². The number of primary amides is 1. The minimum Gasteiger partial charge on any atom is -0.391 e. The lowest BCUT2D eigenvalue weighted by molar-refractivity contribution is -0.121. The van der Waals surface area contributed by atoms with Gasteiger partial charge in [-0.25, -0.2) is 9.07 Å². The molecule has 1 saturated heterocycles. The van der Waals surface area contributed by atoms with Gasteiger partial charge in [-0.05, 0) is 12.1 Å². The number of β-amino-alcohol motifs (C(OH)–C–C–N with tert-alkyl or cyclic N) is 1. The number of para-hydroxylation sites is 1. The van der Waals surface area contributed by atoms with Gasteiger partial charge in [-0.15, -0.1) is 0 Å². The Kier molecular flexibility index (Phi) is 3.83. The Balaban J connectivity index is 1.87. The van der Waals surface area contributed by atoms with Gasteiger partial charge in [-0.1, -0.05) is 12.1 Å². The van der Waals surface area contributed by atoms with E-state index in [0.29, 0.717) is 0 Å². The molecule has 7 nitrogen and oxygen atoms in total. The van der Waals surface area contributed by atoms with Gasteiger partial charge in [0.2, 0.25) is 5.91 Å². The van der Waals surface area contributed by atoms with Crippen molar-refractivity contribution in [2.24, 2.45) is 5.73 Å². The second-order valence-corrected chi connectivity index (χ2v) is 5.39. The Bertz CT molecular complexity index is 761. The molecule has 0 unspecified atom stereocenters. The van der Waals surface area contributed by atoms with E-state index in [-0.39, 0.29) is 24.2 Å². The molecule has 0 spiro atoms. The molecule has 0 radical (unpaired) electrons. The lowest BCUT2D eigenvalue weighted by Crippen LogP contribution is -2.43. The zero-order valence-electron chi connectivity index (χ0n) is 12.1. The van der Waals surface area contributed by atoms with Crippen molar-refractivity contribution in [3.63, 3.8) is 0 Å². The number of hydrogen-bond acceptors (Lipinski definition) is 4. The van der Waals surface area contributed by atoms with E-state index in [0.717, 1.165) is 0 Å². The number of nitrogens with zero attached hydrogens (tertiary/aromatic N) is 3. The molecule has 1 aromatic carbocycles. The number of aliphatic hydroxyl groups excluding tert-OH is 1. The minimum absolute atomic E-state index is 0.0251. The first-order chi connectivity index (χ1) is 11.0. The summed E-state index contributed by atoms with van der Waals surface area (Å²) in [6.45, 7) is 0.0251. The Labute approximate surface area is 131 Å². The van der Waals surface area contributed by atoms with E-state index in [4.69, 9.17) is 5.73 Å². The Hall–Kier alpha value is -2.74. The van der Waals surface area contributed by atoms with Crippen LogP contribution in [0.5, 0.6) is 0 Å². The molecule has 3 N–H and O–H groups in total. The van der Waals surface area contributed by atoms with E-state index >= 15 is 0 Å². The number of carbonyl (C=O) groups excluding carboxylic acids is 2. The van der Waals surface area contributed by atoms with E-state index in [1.165, 1.54) is 34.1 Å². The first-order valence-corrected chi connectivity index (χ1v) is 7.05. The van der Waals surface area contributed by atoms with Crippen LogP contribution in [0.4, 0.5) is 4.39 Å². The van der Waals surface area contributed by atoms with Crippen molar-refractivity contribution >= 4 is 11.8 Å². The normalized spacial score (nSPS) is 20.7. The number of carbonyl (C=O) groups is 2. The fraction of sp³-hybridized carbons (Fsp3) is 0.267. The third-order valence-electron chi connectivity index (χ3n) is 3.80. The van der Waals surface area contributed by atoms with Gasteiger partial charge in [0.05, 0.1) is 17.9 Å². The molecule has 1 aromatic heterocycles. The zero-order valence-corrected chi connectivity index (χ0v) is 12.1. The van der Waals surface area contributed by atoms with Crippen molar-refractivity contribution in [2.75, 3.05) is 6.54 Å². The summed E-state index contributed by atoms with van der Waals surface area (Å²) in [6.07, 6.45) is 1.99. The number of hydrogen-bond donors (Lipinski definition) is 2. The second-order valence-electron chi connectivity index (χ2n) is 5.39. The first kappa shape index (κ1) is 15.2. The van der Waals surface area contributed by atoms with E-state index < -0.39 is 29.8 Å². The van der Waals surface area contributed by atoms with E-state index in [1.54, 1.807) is 12.1 Å². The van der Waals surface area contributed by atoms with E-state index in [9.17, 15) is 19.1 Å². The molecule has 1 aliphatic rings. The summed E-state index contributed by atoms with van der Waals surface area (Å²) >= 11 is 0. The third kappa shape index (κ3) is 2.80. The smallest absolute Gasteiger partial charge is 0.257 e. The van der Waals surface area contributed by atoms with Gasteiger partial charge >= 0.3 is 0 Å². The third-order valence-corrected chi connectivity index (χ3v) is 3.80. The Morgan fingerprint density at radius 3 is 2.78 bits per heavy atom. The van der Waals surface area contributed by atoms with Gasteiger partial charge in [0.1, 0.15) is 17.5 Å². The van der Waals surface area contributed by atoms with Crippen LogP contribution in [0.15, 0.2) is 36.7 Å². The summed E-state index contributed by atoms with van der Waals surface area (Å²) in [5, 5.41) is 13.6. The highest BCUT2D eigenvalue weighted by molar-refractivity contribution is 5.97. The van der Waals surface area contributed by atoms with Crippen LogP contribution in [0.3, 0.4) is 0 Å². The predicted molar refractivity (Wildman–Crippen MR) is 78.2 cm³/mol. The van der Waals surface area contributed by atoms with Crippen molar-refractivity contribution < 1.29 is 19.1 Å². The fourth-order valence-electron chi connectivity index (χ4n) is 2.68. The van der Waals surface area contributed by atoms with Crippen LogP contribution < -0.4 is 5.73 Å². The number of benzene rings is 1. The van der Waals surface area contributed by atoms with Crippen LogP contribution in [0.25, 0.3) is 5.69 Å².